The van der Waals surface area contributed by atoms with Gasteiger partial charge in [-0.2, -0.15) is 31.8 Å². The van der Waals surface area contributed by atoms with E-state index in [1.54, 1.807) is 25.1 Å². The minimum Gasteiger partial charge on any atom is -0.573 e. The standard InChI is InChI=1S/C35H33N9O17S5.Cu/c1-2-44(21-9-6-10-23(15-21)64(51,52)14-13-59-66(56,57)58)34-37-33(38-35(39-34)62-19-29(45)46)36-27-17-24(65(53,54)55)18-28(30(27)47)41-43-31(20-7-4-3-5-8-20)42-40-26-16-22(63-61-60-50)11-12-25(26)32(48)49;/h3-12,15-18H,2,13-14,19H2,1H3,(H8,36,37,38,39,40,41,42,43,45,46,47,48,49,50,53,54,55,56,57,58);/q;+1/p-1. The summed E-state index contributed by atoms with van der Waals surface area (Å²) in [5.74, 6) is -5.86. The molecule has 0 radical (unpaired) electrons. The number of aromatic hydroxyl groups is 1. The largest absolute Gasteiger partial charge is 1.00 e. The molecule has 1 heterocycles. The molecule has 0 aliphatic heterocycles. The molecule has 32 heteroatoms. The number of aliphatic carboxylic acids is 1. The van der Waals surface area contributed by atoms with Crippen molar-refractivity contribution in [3.05, 3.63) is 101 Å². The third kappa shape index (κ3) is 15.6. The zero-order valence-electron chi connectivity index (χ0n) is 33.5. The number of nitrogens with zero attached hydrogens (tertiary/aromatic N) is 8. The number of carboxylic acid groups (broad SMARTS) is 2. The molecular weight excluding hydrogens is 1040 g/mol. The van der Waals surface area contributed by atoms with Crippen LogP contribution in [0.1, 0.15) is 22.8 Å². The molecule has 7 N–H and O–H groups in total. The van der Waals surface area contributed by atoms with E-state index >= 15 is 0 Å². The number of hydrogen-bond acceptors (Lipinski definition) is 22. The Bertz CT molecular complexity index is 3010. The molecule has 0 bridgehead atoms. The fraction of sp³-hybridized carbons (Fsp3) is 0.143. The average Bonchev–Trinajstić information content (AvgIpc) is 3.25. The molecule has 0 fully saturated rings. The molecule has 5 aromatic rings. The molecule has 0 aliphatic carbocycles. The molecule has 0 saturated carbocycles. The third-order valence-electron chi connectivity index (χ3n) is 8.06. The average molecular weight is 1070 g/mol. The summed E-state index contributed by atoms with van der Waals surface area (Å²) in [4.78, 5) is 36.7. The Morgan fingerprint density at radius 2 is 1.63 bits per heavy atom. The number of anilines is 4. The second kappa shape index (κ2) is 23.7. The molecule has 0 amide bonds. The number of sulfone groups is 1. The van der Waals surface area contributed by atoms with Gasteiger partial charge in [-0.1, -0.05) is 59.3 Å². The molecule has 4 aromatic carbocycles. The minimum atomic E-state index is -5.06. The van der Waals surface area contributed by atoms with Crippen LogP contribution in [0.2, 0.25) is 0 Å². The van der Waals surface area contributed by atoms with Crippen LogP contribution < -0.4 is 10.2 Å². The molecular formula is C35H32CuN9O17S5. The summed E-state index contributed by atoms with van der Waals surface area (Å²) < 4.78 is 100. The molecule has 67 heavy (non-hydrogen) atoms. The van der Waals surface area contributed by atoms with Gasteiger partial charge in [0.1, 0.15) is 5.69 Å². The first-order valence-electron chi connectivity index (χ1n) is 17.9. The second-order valence-electron chi connectivity index (χ2n) is 12.5. The number of hydrogen-bond donors (Lipinski definition) is 7. The van der Waals surface area contributed by atoms with Crippen molar-refractivity contribution in [2.24, 2.45) is 15.3 Å². The van der Waals surface area contributed by atoms with Gasteiger partial charge in [0.25, 0.3) is 10.1 Å². The molecule has 26 nitrogen and oxygen atoms in total. The van der Waals surface area contributed by atoms with Crippen LogP contribution >= 0.6 is 23.8 Å². The van der Waals surface area contributed by atoms with Gasteiger partial charge in [-0.25, -0.2) is 22.7 Å². The number of aromatic nitrogens is 3. The van der Waals surface area contributed by atoms with Crippen LogP contribution in [-0.4, -0.2) is 112 Å². The summed E-state index contributed by atoms with van der Waals surface area (Å²) in [7, 11) is -14.2. The van der Waals surface area contributed by atoms with Gasteiger partial charge < -0.3 is 36.1 Å². The number of benzene rings is 4. The molecule has 5 rings (SSSR count). The Morgan fingerprint density at radius 1 is 0.896 bits per heavy atom. The SMILES string of the molecule is CCN(c1cccc(S(=O)(=O)CCOS(=O)(=O)O)c1)c1nc(Nc2cc(S(=O)(=O)O)cc(N=N/C(=N\[N-]c3cc(SOOO)ccc3C(=O)O)c3ccccc3)c2O)nc(SCC(=O)O)n1.[Cu+]. The summed E-state index contributed by atoms with van der Waals surface area (Å²) in [5, 5.41) is 57.1. The monoisotopic (exact) mass is 1070 g/mol. The van der Waals surface area contributed by atoms with Crippen molar-refractivity contribution in [2.75, 3.05) is 34.9 Å². The normalized spacial score (nSPS) is 12.1. The zero-order chi connectivity index (χ0) is 48.2. The Balaban J connectivity index is 0.00000980. The topological polar surface area (TPSA) is 391 Å². The van der Waals surface area contributed by atoms with Gasteiger partial charge in [0.15, 0.2) is 26.6 Å². The minimum absolute atomic E-state index is 0. The Labute approximate surface area is 398 Å². The van der Waals surface area contributed by atoms with Crippen molar-refractivity contribution in [1.29, 1.82) is 0 Å². The van der Waals surface area contributed by atoms with Crippen molar-refractivity contribution in [2.45, 2.75) is 26.8 Å². The number of azo groups is 1. The van der Waals surface area contributed by atoms with E-state index in [1.807, 2.05) is 0 Å². The fourth-order valence-corrected chi connectivity index (χ4v) is 8.20. The van der Waals surface area contributed by atoms with E-state index in [2.05, 4.69) is 54.6 Å². The van der Waals surface area contributed by atoms with E-state index in [1.165, 1.54) is 59.5 Å². The quantitative estimate of drug-likeness (QED) is 0.00413. The van der Waals surface area contributed by atoms with Crippen molar-refractivity contribution < 1.29 is 95.1 Å². The van der Waals surface area contributed by atoms with E-state index in [0.29, 0.717) is 23.8 Å². The smallest absolute Gasteiger partial charge is 0.573 e. The Kier molecular flexibility index (Phi) is 19.0. The first-order valence-corrected chi connectivity index (χ1v) is 24.1. The maximum Gasteiger partial charge on any atom is 1.00 e. The summed E-state index contributed by atoms with van der Waals surface area (Å²) in [6.07, 6.45) is 0. The van der Waals surface area contributed by atoms with Crippen molar-refractivity contribution in [3.63, 3.8) is 0 Å². The van der Waals surface area contributed by atoms with Gasteiger partial charge >= 0.3 is 39.4 Å². The van der Waals surface area contributed by atoms with Crippen LogP contribution in [0, 0.1) is 0 Å². The van der Waals surface area contributed by atoms with E-state index in [-0.39, 0.29) is 72.8 Å². The van der Waals surface area contributed by atoms with Crippen molar-refractivity contribution in [3.8, 4) is 5.75 Å². The molecule has 0 atom stereocenters. The molecule has 1 aromatic heterocycles. The summed E-state index contributed by atoms with van der Waals surface area (Å²) in [6.45, 7) is 0.751. The van der Waals surface area contributed by atoms with Crippen LogP contribution in [0.4, 0.5) is 34.6 Å². The number of nitrogens with one attached hydrogen (secondary N) is 1. The predicted octanol–water partition coefficient (Wildman–Crippen LogP) is 5.77. The number of aromatic carboxylic acids is 1. The van der Waals surface area contributed by atoms with Crippen molar-refractivity contribution >= 4 is 107 Å². The Hall–Kier alpha value is -5.87. The first-order chi connectivity index (χ1) is 31.2. The summed E-state index contributed by atoms with van der Waals surface area (Å²) in [5.41, 5.74) is 2.75. The van der Waals surface area contributed by atoms with Crippen LogP contribution in [-0.2, 0) is 65.8 Å². The molecule has 0 aliphatic rings. The molecule has 0 saturated heterocycles. The maximum atomic E-state index is 13.0. The Morgan fingerprint density at radius 3 is 2.27 bits per heavy atom. The number of thioether (sulfide) groups is 1. The van der Waals surface area contributed by atoms with Crippen molar-refractivity contribution in [1.82, 2.24) is 15.0 Å². The van der Waals surface area contributed by atoms with E-state index in [9.17, 15) is 54.7 Å². The number of amidine groups is 1. The zero-order valence-corrected chi connectivity index (χ0v) is 38.5. The number of phenolic OH excluding ortho intramolecular Hbond substituents is 1. The molecule has 360 valence electrons. The van der Waals surface area contributed by atoms with Gasteiger partial charge in [-0.05, 0) is 49.4 Å². The van der Waals surface area contributed by atoms with Crippen LogP contribution in [0.25, 0.3) is 5.43 Å². The van der Waals surface area contributed by atoms with Gasteiger partial charge in [0.05, 0.1) is 45.6 Å². The summed E-state index contributed by atoms with van der Waals surface area (Å²) >= 11 is 1.13. The van der Waals surface area contributed by atoms with E-state index in [4.69, 9.17) is 9.81 Å². The molecule has 0 unspecified atom stereocenters. The van der Waals surface area contributed by atoms with Crippen LogP contribution in [0.3, 0.4) is 0 Å². The van der Waals surface area contributed by atoms with E-state index in [0.717, 1.165) is 12.1 Å². The van der Waals surface area contributed by atoms with Gasteiger partial charge in [0, 0.05) is 28.3 Å². The molecule has 0 spiro atoms. The second-order valence-corrected chi connectivity index (χ2v) is 18.8. The maximum absolute atomic E-state index is 13.0. The number of carboxylic acids is 2. The fourth-order valence-electron chi connectivity index (χ4n) is 5.21. The predicted molar refractivity (Wildman–Crippen MR) is 233 cm³/mol. The van der Waals surface area contributed by atoms with Gasteiger partial charge in [-0.15, -0.1) is 20.2 Å². The van der Waals surface area contributed by atoms with E-state index < -0.39 is 88.4 Å². The summed E-state index contributed by atoms with van der Waals surface area (Å²) in [6, 6.07) is 18.3. The van der Waals surface area contributed by atoms with Gasteiger partial charge in [-0.3, -0.25) is 13.9 Å². The number of phenols is 1. The first kappa shape index (κ1) is 53.7. The van der Waals surface area contributed by atoms with Crippen LogP contribution in [0.15, 0.2) is 120 Å². The number of rotatable bonds is 22. The third-order valence-corrected chi connectivity index (χ3v) is 12.4. The van der Waals surface area contributed by atoms with Crippen LogP contribution in [0.5, 0.6) is 5.75 Å². The van der Waals surface area contributed by atoms with Gasteiger partial charge in [0.2, 0.25) is 11.9 Å². The number of carbonyl (C=O) groups is 2.